The number of hydrogen-bond donors (Lipinski definition) is 1. The van der Waals surface area contributed by atoms with Gasteiger partial charge in [0.05, 0.1) is 6.10 Å². The maximum Gasteiger partial charge on any atom is 0.0787 e. The lowest BCUT2D eigenvalue weighted by Gasteiger charge is -2.10. The first-order valence-electron chi connectivity index (χ1n) is 6.08. The van der Waals surface area contributed by atoms with Crippen LogP contribution >= 0.6 is 11.8 Å². The molecule has 0 aliphatic heterocycles. The number of aliphatic hydroxyl groups excluding tert-OH is 1. The summed E-state index contributed by atoms with van der Waals surface area (Å²) in [5.41, 5.74) is 1.02. The molecule has 90 valence electrons. The number of benzene rings is 1. The minimum Gasteiger partial charge on any atom is -0.388 e. The Bertz CT molecular complexity index is 294. The van der Waals surface area contributed by atoms with Gasteiger partial charge in [-0.1, -0.05) is 39.3 Å². The highest BCUT2D eigenvalue weighted by atomic mass is 32.2. The van der Waals surface area contributed by atoms with E-state index in [1.807, 2.05) is 30.8 Å². The summed E-state index contributed by atoms with van der Waals surface area (Å²) in [5, 5.41) is 9.67. The Balaban J connectivity index is 2.51. The average molecular weight is 238 g/mol. The minimum atomic E-state index is -0.311. The van der Waals surface area contributed by atoms with E-state index in [1.165, 1.54) is 17.1 Å². The number of aliphatic hydroxyl groups is 1. The number of thioether (sulfide) groups is 1. The van der Waals surface area contributed by atoms with Crippen LogP contribution in [0.5, 0.6) is 0 Å². The van der Waals surface area contributed by atoms with Gasteiger partial charge in [0.1, 0.15) is 0 Å². The highest BCUT2D eigenvalue weighted by Crippen LogP contribution is 2.24. The van der Waals surface area contributed by atoms with Crippen LogP contribution in [0.2, 0.25) is 0 Å². The molecule has 0 saturated heterocycles. The molecular weight excluding hydrogens is 216 g/mol. The summed E-state index contributed by atoms with van der Waals surface area (Å²) in [6.45, 7) is 6.50. The molecule has 1 aromatic rings. The molecule has 0 amide bonds. The summed E-state index contributed by atoms with van der Waals surface area (Å²) in [6.07, 6.45) is 1.70. The monoisotopic (exact) mass is 238 g/mol. The summed E-state index contributed by atoms with van der Waals surface area (Å²) >= 11 is 1.90. The molecule has 1 nitrogen and oxygen atoms in total. The summed E-state index contributed by atoms with van der Waals surface area (Å²) in [5.74, 6) is 1.94. The van der Waals surface area contributed by atoms with Crippen LogP contribution in [0.1, 0.15) is 45.3 Å². The molecule has 0 radical (unpaired) electrons. The zero-order valence-electron chi connectivity index (χ0n) is 10.4. The van der Waals surface area contributed by atoms with Crippen LogP contribution in [0.3, 0.4) is 0 Å². The smallest absolute Gasteiger partial charge is 0.0787 e. The molecule has 0 fully saturated rings. The SMILES string of the molecule is CCC(C)CSc1ccc([C@H](O)CC)cc1. The second-order valence-electron chi connectivity index (χ2n) is 4.32. The number of rotatable bonds is 6. The molecule has 0 heterocycles. The molecular formula is C14H22OS. The molecule has 0 saturated carbocycles. The van der Waals surface area contributed by atoms with Gasteiger partial charge in [0, 0.05) is 10.6 Å². The van der Waals surface area contributed by atoms with Crippen LogP contribution < -0.4 is 0 Å². The van der Waals surface area contributed by atoms with Crippen molar-refractivity contribution >= 4 is 11.8 Å². The lowest BCUT2D eigenvalue weighted by molar-refractivity contribution is 0.173. The fourth-order valence-corrected chi connectivity index (χ4v) is 2.42. The minimum absolute atomic E-state index is 0.311. The maximum absolute atomic E-state index is 9.67. The van der Waals surface area contributed by atoms with Crippen LogP contribution in [-0.4, -0.2) is 10.9 Å². The second kappa shape index (κ2) is 6.97. The van der Waals surface area contributed by atoms with Crippen molar-refractivity contribution < 1.29 is 5.11 Å². The molecule has 1 aromatic carbocycles. The fraction of sp³-hybridized carbons (Fsp3) is 0.571. The third kappa shape index (κ3) is 4.18. The third-order valence-corrected chi connectivity index (χ3v) is 4.22. The summed E-state index contributed by atoms with van der Waals surface area (Å²) in [4.78, 5) is 1.30. The molecule has 1 N–H and O–H groups in total. The van der Waals surface area contributed by atoms with Crippen molar-refractivity contribution in [3.63, 3.8) is 0 Å². The zero-order valence-corrected chi connectivity index (χ0v) is 11.3. The van der Waals surface area contributed by atoms with Crippen molar-refractivity contribution in [2.45, 2.75) is 44.6 Å². The normalized spacial score (nSPS) is 14.8. The van der Waals surface area contributed by atoms with Gasteiger partial charge in [-0.05, 0) is 30.0 Å². The Kier molecular flexibility index (Phi) is 5.93. The van der Waals surface area contributed by atoms with Crippen molar-refractivity contribution in [2.75, 3.05) is 5.75 Å². The second-order valence-corrected chi connectivity index (χ2v) is 5.41. The molecule has 2 atom stereocenters. The van der Waals surface area contributed by atoms with E-state index < -0.39 is 0 Å². The van der Waals surface area contributed by atoms with Gasteiger partial charge in [-0.3, -0.25) is 0 Å². The topological polar surface area (TPSA) is 20.2 Å². The Morgan fingerprint density at radius 2 is 1.75 bits per heavy atom. The van der Waals surface area contributed by atoms with Gasteiger partial charge in [0.15, 0.2) is 0 Å². The standard InChI is InChI=1S/C14H22OS/c1-4-11(3)10-16-13-8-6-12(7-9-13)14(15)5-2/h6-9,11,14-15H,4-5,10H2,1-3H3/t11?,14-/m1/s1. The van der Waals surface area contributed by atoms with Crippen LogP contribution in [-0.2, 0) is 0 Å². The lowest BCUT2D eigenvalue weighted by atomic mass is 10.1. The third-order valence-electron chi connectivity index (χ3n) is 2.88. The van der Waals surface area contributed by atoms with Gasteiger partial charge in [0.2, 0.25) is 0 Å². The Morgan fingerprint density at radius 1 is 1.12 bits per heavy atom. The van der Waals surface area contributed by atoms with Crippen molar-refractivity contribution in [1.82, 2.24) is 0 Å². The van der Waals surface area contributed by atoms with Crippen molar-refractivity contribution in [3.05, 3.63) is 29.8 Å². The van der Waals surface area contributed by atoms with Gasteiger partial charge in [-0.25, -0.2) is 0 Å². The van der Waals surface area contributed by atoms with Gasteiger partial charge < -0.3 is 5.11 Å². The molecule has 1 unspecified atom stereocenters. The zero-order chi connectivity index (χ0) is 12.0. The summed E-state index contributed by atoms with van der Waals surface area (Å²) in [6, 6.07) is 8.29. The predicted octanol–water partition coefficient (Wildman–Crippen LogP) is 4.27. The van der Waals surface area contributed by atoms with E-state index in [1.54, 1.807) is 0 Å². The Labute approximate surface area is 103 Å². The van der Waals surface area contributed by atoms with Gasteiger partial charge in [-0.2, -0.15) is 0 Å². The van der Waals surface area contributed by atoms with Gasteiger partial charge >= 0.3 is 0 Å². The van der Waals surface area contributed by atoms with E-state index in [9.17, 15) is 5.11 Å². The van der Waals surface area contributed by atoms with Crippen molar-refractivity contribution in [1.29, 1.82) is 0 Å². The molecule has 0 aromatic heterocycles. The largest absolute Gasteiger partial charge is 0.388 e. The molecule has 0 bridgehead atoms. The molecule has 0 aliphatic rings. The van der Waals surface area contributed by atoms with Crippen LogP contribution in [0, 0.1) is 5.92 Å². The van der Waals surface area contributed by atoms with E-state index in [0.717, 1.165) is 17.9 Å². The van der Waals surface area contributed by atoms with E-state index in [2.05, 4.69) is 26.0 Å². The quantitative estimate of drug-likeness (QED) is 0.747. The molecule has 2 heteroatoms. The van der Waals surface area contributed by atoms with E-state index in [4.69, 9.17) is 0 Å². The molecule has 1 rings (SSSR count). The highest BCUT2D eigenvalue weighted by molar-refractivity contribution is 7.99. The first kappa shape index (κ1) is 13.6. The van der Waals surface area contributed by atoms with Crippen LogP contribution in [0.4, 0.5) is 0 Å². The maximum atomic E-state index is 9.67. The Morgan fingerprint density at radius 3 is 2.25 bits per heavy atom. The van der Waals surface area contributed by atoms with Gasteiger partial charge in [0.25, 0.3) is 0 Å². The molecule has 0 aliphatic carbocycles. The van der Waals surface area contributed by atoms with E-state index in [0.29, 0.717) is 0 Å². The predicted molar refractivity (Wildman–Crippen MR) is 71.9 cm³/mol. The number of hydrogen-bond acceptors (Lipinski definition) is 2. The van der Waals surface area contributed by atoms with Crippen LogP contribution in [0.15, 0.2) is 29.2 Å². The highest BCUT2D eigenvalue weighted by Gasteiger charge is 2.05. The Hall–Kier alpha value is -0.470. The summed E-state index contributed by atoms with van der Waals surface area (Å²) in [7, 11) is 0. The first-order chi connectivity index (χ1) is 7.67. The fourth-order valence-electron chi connectivity index (χ4n) is 1.38. The van der Waals surface area contributed by atoms with E-state index in [-0.39, 0.29) is 6.10 Å². The molecule has 16 heavy (non-hydrogen) atoms. The van der Waals surface area contributed by atoms with Gasteiger partial charge in [-0.15, -0.1) is 11.8 Å². The first-order valence-corrected chi connectivity index (χ1v) is 7.06. The lowest BCUT2D eigenvalue weighted by Crippen LogP contribution is -1.96. The van der Waals surface area contributed by atoms with E-state index >= 15 is 0 Å². The van der Waals surface area contributed by atoms with Crippen molar-refractivity contribution in [3.8, 4) is 0 Å². The van der Waals surface area contributed by atoms with Crippen LogP contribution in [0.25, 0.3) is 0 Å². The summed E-state index contributed by atoms with van der Waals surface area (Å²) < 4.78 is 0. The van der Waals surface area contributed by atoms with Crippen molar-refractivity contribution in [2.24, 2.45) is 5.92 Å². The molecule has 0 spiro atoms. The average Bonchev–Trinajstić information content (AvgIpc) is 2.35.